The number of rotatable bonds is 4. The van der Waals surface area contributed by atoms with Gasteiger partial charge in [-0.05, 0) is 31.8 Å². The molecule has 1 aromatic carbocycles. The molecule has 2 amide bonds. The zero-order chi connectivity index (χ0) is 17.8. The highest BCUT2D eigenvalue weighted by Crippen LogP contribution is 2.16. The number of fused-ring (bicyclic) bond motifs is 1. The Morgan fingerprint density at radius 2 is 2.24 bits per heavy atom. The van der Waals surface area contributed by atoms with E-state index in [2.05, 4.69) is 19.8 Å². The fourth-order valence-electron chi connectivity index (χ4n) is 3.26. The lowest BCUT2D eigenvalue weighted by Gasteiger charge is -2.26. The second kappa shape index (κ2) is 7.65. The third-order valence-electron chi connectivity index (χ3n) is 4.31. The Morgan fingerprint density at radius 3 is 3.00 bits per heavy atom. The van der Waals surface area contributed by atoms with E-state index in [9.17, 15) is 9.18 Å². The van der Waals surface area contributed by atoms with E-state index in [1.807, 2.05) is 20.3 Å². The first kappa shape index (κ1) is 17.4. The van der Waals surface area contributed by atoms with E-state index in [-0.39, 0.29) is 11.8 Å². The normalized spacial score (nSPS) is 17.3. The first-order valence-corrected chi connectivity index (χ1v) is 8.43. The van der Waals surface area contributed by atoms with Gasteiger partial charge in [-0.3, -0.25) is 0 Å². The number of amides is 2. The van der Waals surface area contributed by atoms with E-state index in [0.29, 0.717) is 25.6 Å². The molecule has 1 N–H and O–H groups in total. The highest BCUT2D eigenvalue weighted by Gasteiger charge is 2.25. The predicted octanol–water partition coefficient (Wildman–Crippen LogP) is 1.93. The first-order chi connectivity index (χ1) is 12.0. The summed E-state index contributed by atoms with van der Waals surface area (Å²) in [6, 6.07) is 6.13. The van der Waals surface area contributed by atoms with Crippen molar-refractivity contribution in [3.05, 3.63) is 53.9 Å². The summed E-state index contributed by atoms with van der Waals surface area (Å²) >= 11 is 0. The highest BCUT2D eigenvalue weighted by atomic mass is 19.1. The molecule has 0 aliphatic carbocycles. The second-order valence-electron chi connectivity index (χ2n) is 6.79. The molecular weight excluding hydrogens is 321 g/mol. The van der Waals surface area contributed by atoms with Crippen LogP contribution in [-0.4, -0.2) is 52.6 Å². The lowest BCUT2D eigenvalue weighted by Crippen LogP contribution is -2.42. The van der Waals surface area contributed by atoms with Gasteiger partial charge in [0.15, 0.2) is 0 Å². The van der Waals surface area contributed by atoms with Crippen LogP contribution in [0, 0.1) is 11.7 Å². The molecule has 3 rings (SSSR count). The largest absolute Gasteiger partial charge is 0.334 e. The van der Waals surface area contributed by atoms with Crippen LogP contribution in [0.1, 0.15) is 11.4 Å². The molecule has 1 aromatic heterocycles. The van der Waals surface area contributed by atoms with Crippen LogP contribution >= 0.6 is 0 Å². The number of aromatic nitrogens is 2. The molecule has 0 saturated heterocycles. The number of carbonyl (C=O) groups excluding carboxylic acids is 1. The summed E-state index contributed by atoms with van der Waals surface area (Å²) in [5.74, 6) is 0.919. The molecule has 0 radical (unpaired) electrons. The van der Waals surface area contributed by atoms with Gasteiger partial charge in [-0.2, -0.15) is 0 Å². The Morgan fingerprint density at radius 1 is 1.40 bits per heavy atom. The van der Waals surface area contributed by atoms with E-state index in [1.165, 1.54) is 12.1 Å². The molecule has 0 fully saturated rings. The van der Waals surface area contributed by atoms with Gasteiger partial charge in [0.1, 0.15) is 11.6 Å². The van der Waals surface area contributed by atoms with Gasteiger partial charge in [0.25, 0.3) is 0 Å². The molecule has 7 heteroatoms. The number of urea groups is 1. The fourth-order valence-corrected chi connectivity index (χ4v) is 3.26. The van der Waals surface area contributed by atoms with E-state index < -0.39 is 0 Å². The first-order valence-electron chi connectivity index (χ1n) is 8.43. The predicted molar refractivity (Wildman–Crippen MR) is 93.3 cm³/mol. The Balaban J connectivity index is 1.67. The van der Waals surface area contributed by atoms with Gasteiger partial charge in [-0.1, -0.05) is 12.1 Å². The maximum Gasteiger partial charge on any atom is 0.318 e. The molecule has 6 nitrogen and oxygen atoms in total. The van der Waals surface area contributed by atoms with Crippen LogP contribution in [0.2, 0.25) is 0 Å². The summed E-state index contributed by atoms with van der Waals surface area (Å²) in [7, 11) is 4.07. The van der Waals surface area contributed by atoms with Crippen LogP contribution < -0.4 is 5.32 Å². The molecule has 1 aliphatic heterocycles. The van der Waals surface area contributed by atoms with Crippen molar-refractivity contribution < 1.29 is 9.18 Å². The van der Waals surface area contributed by atoms with Gasteiger partial charge < -0.3 is 19.7 Å². The zero-order valence-corrected chi connectivity index (χ0v) is 14.7. The zero-order valence-electron chi connectivity index (χ0n) is 14.7. The molecule has 1 unspecified atom stereocenters. The number of carbonyl (C=O) groups is 1. The van der Waals surface area contributed by atoms with E-state index in [4.69, 9.17) is 0 Å². The monoisotopic (exact) mass is 345 g/mol. The summed E-state index contributed by atoms with van der Waals surface area (Å²) in [6.45, 7) is 3.19. The van der Waals surface area contributed by atoms with Crippen molar-refractivity contribution in [1.29, 1.82) is 0 Å². The topological polar surface area (TPSA) is 53.4 Å². The summed E-state index contributed by atoms with van der Waals surface area (Å²) < 4.78 is 15.4. The SMILES string of the molecule is CN(C)CC1CN(C(=O)NCc2cccc(F)c2)Cc2nccn2C1. The number of benzene rings is 1. The van der Waals surface area contributed by atoms with Crippen molar-refractivity contribution in [3.8, 4) is 0 Å². The third kappa shape index (κ3) is 4.57. The third-order valence-corrected chi connectivity index (χ3v) is 4.31. The lowest BCUT2D eigenvalue weighted by atomic mass is 10.1. The van der Waals surface area contributed by atoms with Crippen molar-refractivity contribution in [1.82, 2.24) is 24.7 Å². The molecule has 25 heavy (non-hydrogen) atoms. The average molecular weight is 345 g/mol. The molecule has 2 heterocycles. The van der Waals surface area contributed by atoms with Crippen molar-refractivity contribution in [2.24, 2.45) is 5.92 Å². The minimum atomic E-state index is -0.297. The molecule has 0 saturated carbocycles. The van der Waals surface area contributed by atoms with E-state index in [1.54, 1.807) is 23.2 Å². The van der Waals surface area contributed by atoms with Gasteiger partial charge in [-0.15, -0.1) is 0 Å². The molecule has 134 valence electrons. The summed E-state index contributed by atoms with van der Waals surface area (Å²) in [5, 5.41) is 2.89. The van der Waals surface area contributed by atoms with Crippen molar-refractivity contribution in [2.45, 2.75) is 19.6 Å². The molecular formula is C18H24FN5O. The summed E-state index contributed by atoms with van der Waals surface area (Å²) in [4.78, 5) is 20.9. The van der Waals surface area contributed by atoms with Gasteiger partial charge in [0.2, 0.25) is 0 Å². The number of nitrogens with one attached hydrogen (secondary N) is 1. The van der Waals surface area contributed by atoms with Crippen molar-refractivity contribution in [2.75, 3.05) is 27.2 Å². The van der Waals surface area contributed by atoms with Crippen LogP contribution in [0.25, 0.3) is 0 Å². The average Bonchev–Trinajstić information content (AvgIpc) is 2.91. The molecule has 1 aliphatic rings. The lowest BCUT2D eigenvalue weighted by molar-refractivity contribution is 0.178. The van der Waals surface area contributed by atoms with Gasteiger partial charge in [0, 0.05) is 44.5 Å². The quantitative estimate of drug-likeness (QED) is 0.921. The minimum absolute atomic E-state index is 0.149. The van der Waals surface area contributed by atoms with Crippen LogP contribution in [0.4, 0.5) is 9.18 Å². The Labute approximate surface area is 147 Å². The van der Waals surface area contributed by atoms with Crippen LogP contribution in [-0.2, 0) is 19.6 Å². The fraction of sp³-hybridized carbons (Fsp3) is 0.444. The summed E-state index contributed by atoms with van der Waals surface area (Å²) in [6.07, 6.45) is 3.74. The van der Waals surface area contributed by atoms with Crippen molar-refractivity contribution in [3.63, 3.8) is 0 Å². The maximum absolute atomic E-state index is 13.3. The highest BCUT2D eigenvalue weighted by molar-refractivity contribution is 5.74. The number of hydrogen-bond donors (Lipinski definition) is 1. The van der Waals surface area contributed by atoms with E-state index >= 15 is 0 Å². The van der Waals surface area contributed by atoms with Crippen LogP contribution in [0.3, 0.4) is 0 Å². The van der Waals surface area contributed by atoms with Gasteiger partial charge in [0.05, 0.1) is 6.54 Å². The van der Waals surface area contributed by atoms with Gasteiger partial charge >= 0.3 is 6.03 Å². The Kier molecular flexibility index (Phi) is 5.33. The molecule has 0 spiro atoms. The Bertz CT molecular complexity index is 730. The minimum Gasteiger partial charge on any atom is -0.334 e. The number of imidazole rings is 1. The number of halogens is 1. The molecule has 1 atom stereocenters. The molecule has 0 bridgehead atoms. The van der Waals surface area contributed by atoms with Crippen molar-refractivity contribution >= 4 is 6.03 Å². The van der Waals surface area contributed by atoms with Crippen LogP contribution in [0.15, 0.2) is 36.7 Å². The standard InChI is InChI=1S/C18H24FN5O/c1-22(2)10-15-11-23-7-6-20-17(23)13-24(12-15)18(25)21-9-14-4-3-5-16(19)8-14/h3-8,15H,9-13H2,1-2H3,(H,21,25). The number of nitrogens with zero attached hydrogens (tertiary/aromatic N) is 4. The smallest absolute Gasteiger partial charge is 0.318 e. The maximum atomic E-state index is 13.3. The molecule has 2 aromatic rings. The second-order valence-corrected chi connectivity index (χ2v) is 6.79. The van der Waals surface area contributed by atoms with E-state index in [0.717, 1.165) is 24.5 Å². The number of hydrogen-bond acceptors (Lipinski definition) is 3. The summed E-state index contributed by atoms with van der Waals surface area (Å²) in [5.41, 5.74) is 0.745. The van der Waals surface area contributed by atoms with Gasteiger partial charge in [-0.25, -0.2) is 14.2 Å². The Hall–Kier alpha value is -2.41. The van der Waals surface area contributed by atoms with Crippen LogP contribution in [0.5, 0.6) is 0 Å².